The molecule has 1 heterocycles. The zero-order valence-corrected chi connectivity index (χ0v) is 13.3. The Balaban J connectivity index is 2.89. The van der Waals surface area contributed by atoms with Crippen molar-refractivity contribution in [2.45, 2.75) is 66.2 Å². The zero-order valence-electron chi connectivity index (χ0n) is 12.5. The van der Waals surface area contributed by atoms with Gasteiger partial charge in [0.25, 0.3) is 0 Å². The molecule has 1 N–H and O–H groups in total. The van der Waals surface area contributed by atoms with Crippen LogP contribution in [0.25, 0.3) is 0 Å². The van der Waals surface area contributed by atoms with Crippen molar-refractivity contribution in [2.75, 3.05) is 6.61 Å². The van der Waals surface area contributed by atoms with E-state index in [1.807, 2.05) is 6.92 Å². The molecular formula is C14H26N2OS. The smallest absolute Gasteiger partial charge is 0.125 e. The number of thiazole rings is 1. The lowest BCUT2D eigenvalue weighted by atomic mass is 10.1. The van der Waals surface area contributed by atoms with E-state index in [-0.39, 0.29) is 5.60 Å². The number of nitrogens with one attached hydrogen (secondary N) is 1. The average molecular weight is 270 g/mol. The molecule has 1 rings (SSSR count). The molecule has 3 nitrogen and oxygen atoms in total. The second kappa shape index (κ2) is 6.64. The van der Waals surface area contributed by atoms with Crippen molar-refractivity contribution in [3.63, 3.8) is 0 Å². The number of nitrogens with zero attached hydrogens (tertiary/aromatic N) is 1. The monoisotopic (exact) mass is 270 g/mol. The first-order valence-electron chi connectivity index (χ1n) is 6.77. The first-order chi connectivity index (χ1) is 8.40. The summed E-state index contributed by atoms with van der Waals surface area (Å²) in [6, 6.07) is 0.500. The van der Waals surface area contributed by atoms with Crippen molar-refractivity contribution in [2.24, 2.45) is 0 Å². The molecule has 0 unspecified atom stereocenters. The van der Waals surface area contributed by atoms with Crippen LogP contribution in [-0.4, -0.2) is 17.6 Å². The van der Waals surface area contributed by atoms with Gasteiger partial charge in [-0.25, -0.2) is 4.98 Å². The third-order valence-corrected chi connectivity index (χ3v) is 4.21. The highest BCUT2D eigenvalue weighted by Gasteiger charge is 2.26. The third-order valence-electron chi connectivity index (χ3n) is 2.80. The third kappa shape index (κ3) is 4.04. The fraction of sp³-hybridized carbons (Fsp3) is 0.786. The van der Waals surface area contributed by atoms with Crippen LogP contribution < -0.4 is 5.32 Å². The van der Waals surface area contributed by atoms with Crippen molar-refractivity contribution in [3.05, 3.63) is 15.6 Å². The summed E-state index contributed by atoms with van der Waals surface area (Å²) in [5.41, 5.74) is 0.926. The molecule has 1 aromatic heterocycles. The SMILES string of the molecule is CCOC(C)(C)c1nc(CC)c(CNC(C)C)s1. The van der Waals surface area contributed by atoms with Gasteiger partial charge in [-0.15, -0.1) is 11.3 Å². The Morgan fingerprint density at radius 2 is 2.00 bits per heavy atom. The van der Waals surface area contributed by atoms with E-state index in [1.165, 1.54) is 10.6 Å². The summed E-state index contributed by atoms with van der Waals surface area (Å²) in [5, 5.41) is 4.55. The van der Waals surface area contributed by atoms with Crippen molar-refractivity contribution >= 4 is 11.3 Å². The summed E-state index contributed by atoms with van der Waals surface area (Å²) < 4.78 is 5.78. The van der Waals surface area contributed by atoms with Gasteiger partial charge < -0.3 is 10.1 Å². The van der Waals surface area contributed by atoms with Gasteiger partial charge in [0.15, 0.2) is 0 Å². The Bertz CT molecular complexity index is 372. The van der Waals surface area contributed by atoms with Crippen molar-refractivity contribution in [1.29, 1.82) is 0 Å². The van der Waals surface area contributed by atoms with E-state index in [9.17, 15) is 0 Å². The topological polar surface area (TPSA) is 34.1 Å². The van der Waals surface area contributed by atoms with Gasteiger partial charge in [-0.05, 0) is 27.2 Å². The molecular weight excluding hydrogens is 244 g/mol. The molecule has 0 radical (unpaired) electrons. The molecule has 0 atom stereocenters. The van der Waals surface area contributed by atoms with E-state index < -0.39 is 0 Å². The summed E-state index contributed by atoms with van der Waals surface area (Å²) >= 11 is 1.77. The predicted octanol–water partition coefficient (Wildman–Crippen LogP) is 3.48. The Labute approximate surface area is 115 Å². The lowest BCUT2D eigenvalue weighted by Crippen LogP contribution is -2.21. The average Bonchev–Trinajstić information content (AvgIpc) is 2.70. The van der Waals surface area contributed by atoms with E-state index in [0.29, 0.717) is 12.6 Å². The van der Waals surface area contributed by atoms with Gasteiger partial charge in [-0.3, -0.25) is 0 Å². The van der Waals surface area contributed by atoms with Gasteiger partial charge >= 0.3 is 0 Å². The standard InChI is InChI=1S/C14H26N2OS/c1-7-11-12(9-15-10(3)4)18-13(16-11)14(5,6)17-8-2/h10,15H,7-9H2,1-6H3. The van der Waals surface area contributed by atoms with E-state index in [1.54, 1.807) is 11.3 Å². The lowest BCUT2D eigenvalue weighted by Gasteiger charge is -2.21. The van der Waals surface area contributed by atoms with Crippen LogP contribution in [0.4, 0.5) is 0 Å². The zero-order chi connectivity index (χ0) is 13.8. The van der Waals surface area contributed by atoms with Crippen molar-refractivity contribution < 1.29 is 4.74 Å². The molecule has 0 saturated heterocycles. The molecule has 0 fully saturated rings. The number of aromatic nitrogens is 1. The van der Waals surface area contributed by atoms with E-state index >= 15 is 0 Å². The van der Waals surface area contributed by atoms with Crippen LogP contribution in [0.1, 0.15) is 57.1 Å². The quantitative estimate of drug-likeness (QED) is 0.823. The normalized spacial score (nSPS) is 12.4. The minimum Gasteiger partial charge on any atom is -0.369 e. The minimum atomic E-state index is -0.278. The van der Waals surface area contributed by atoms with Crippen LogP contribution in [0, 0.1) is 0 Å². The predicted molar refractivity (Wildman–Crippen MR) is 78.1 cm³/mol. The number of hydrogen-bond acceptors (Lipinski definition) is 4. The summed E-state index contributed by atoms with van der Waals surface area (Å²) in [5.74, 6) is 0. The maximum absolute atomic E-state index is 5.78. The van der Waals surface area contributed by atoms with Crippen LogP contribution in [0.3, 0.4) is 0 Å². The Morgan fingerprint density at radius 3 is 2.50 bits per heavy atom. The van der Waals surface area contributed by atoms with Gasteiger partial charge in [0.1, 0.15) is 10.6 Å². The van der Waals surface area contributed by atoms with Crippen LogP contribution in [0.2, 0.25) is 0 Å². The van der Waals surface area contributed by atoms with E-state index in [0.717, 1.165) is 18.0 Å². The second-order valence-corrected chi connectivity index (χ2v) is 6.30. The highest BCUT2D eigenvalue weighted by molar-refractivity contribution is 7.11. The molecule has 1 aromatic rings. The highest BCUT2D eigenvalue weighted by Crippen LogP contribution is 2.31. The summed E-state index contributed by atoms with van der Waals surface area (Å²) in [6.07, 6.45) is 0.980. The Hall–Kier alpha value is -0.450. The van der Waals surface area contributed by atoms with Gasteiger partial charge in [-0.2, -0.15) is 0 Å². The highest BCUT2D eigenvalue weighted by atomic mass is 32.1. The van der Waals surface area contributed by atoms with Crippen molar-refractivity contribution in [3.8, 4) is 0 Å². The van der Waals surface area contributed by atoms with Crippen LogP contribution in [0.15, 0.2) is 0 Å². The number of aryl methyl sites for hydroxylation is 1. The van der Waals surface area contributed by atoms with E-state index in [4.69, 9.17) is 9.72 Å². The Morgan fingerprint density at radius 1 is 1.33 bits per heavy atom. The minimum absolute atomic E-state index is 0.278. The number of hydrogen-bond donors (Lipinski definition) is 1. The van der Waals surface area contributed by atoms with Crippen LogP contribution in [0.5, 0.6) is 0 Å². The maximum Gasteiger partial charge on any atom is 0.125 e. The lowest BCUT2D eigenvalue weighted by molar-refractivity contribution is -0.0142. The second-order valence-electron chi connectivity index (χ2n) is 5.22. The molecule has 0 bridgehead atoms. The first kappa shape index (κ1) is 15.6. The molecule has 18 heavy (non-hydrogen) atoms. The first-order valence-corrected chi connectivity index (χ1v) is 7.58. The summed E-state index contributed by atoms with van der Waals surface area (Å²) in [4.78, 5) is 6.09. The molecule has 104 valence electrons. The fourth-order valence-electron chi connectivity index (χ4n) is 1.77. The molecule has 0 amide bonds. The van der Waals surface area contributed by atoms with Crippen molar-refractivity contribution in [1.82, 2.24) is 10.3 Å². The number of rotatable bonds is 7. The van der Waals surface area contributed by atoms with Gasteiger partial charge in [0.05, 0.1) is 5.69 Å². The van der Waals surface area contributed by atoms with Gasteiger partial charge in [0, 0.05) is 24.1 Å². The summed E-state index contributed by atoms with van der Waals surface area (Å²) in [6.45, 7) is 14.3. The molecule has 0 aliphatic carbocycles. The molecule has 4 heteroatoms. The van der Waals surface area contributed by atoms with E-state index in [2.05, 4.69) is 39.9 Å². The number of ether oxygens (including phenoxy) is 1. The van der Waals surface area contributed by atoms with Gasteiger partial charge in [-0.1, -0.05) is 20.8 Å². The fourth-order valence-corrected chi connectivity index (χ4v) is 2.93. The van der Waals surface area contributed by atoms with Crippen LogP contribution >= 0.6 is 11.3 Å². The molecule has 0 aliphatic rings. The molecule has 0 spiro atoms. The Kier molecular flexibility index (Phi) is 5.76. The van der Waals surface area contributed by atoms with Crippen LogP contribution in [-0.2, 0) is 23.3 Å². The largest absolute Gasteiger partial charge is 0.369 e. The molecule has 0 saturated carbocycles. The maximum atomic E-state index is 5.78. The molecule has 0 aliphatic heterocycles. The molecule has 0 aromatic carbocycles. The summed E-state index contributed by atoms with van der Waals surface area (Å²) in [7, 11) is 0. The van der Waals surface area contributed by atoms with Gasteiger partial charge in [0.2, 0.25) is 0 Å².